The Kier molecular flexibility index (Phi) is 5.21. The average molecular weight is 351 g/mol. The highest BCUT2D eigenvalue weighted by molar-refractivity contribution is 9.11. The minimum atomic E-state index is -0.00189. The van der Waals surface area contributed by atoms with Crippen LogP contribution in [0.2, 0.25) is 0 Å². The summed E-state index contributed by atoms with van der Waals surface area (Å²) in [4.78, 5) is 4.35. The van der Waals surface area contributed by atoms with Crippen molar-refractivity contribution in [1.82, 2.24) is 4.98 Å². The second kappa shape index (κ2) is 5.98. The molecule has 0 spiro atoms. The Balaban J connectivity index is 2.85. The number of pyridine rings is 1. The second-order valence-electron chi connectivity index (χ2n) is 4.06. The van der Waals surface area contributed by atoms with Gasteiger partial charge in [0.25, 0.3) is 0 Å². The van der Waals surface area contributed by atoms with Crippen molar-refractivity contribution in [2.24, 2.45) is 5.73 Å². The van der Waals surface area contributed by atoms with Crippen LogP contribution in [0.15, 0.2) is 21.2 Å². The van der Waals surface area contributed by atoms with Crippen LogP contribution in [0.3, 0.4) is 0 Å². The van der Waals surface area contributed by atoms with Gasteiger partial charge in [0.05, 0.1) is 4.47 Å². The molecule has 1 aromatic heterocycles. The van der Waals surface area contributed by atoms with Gasteiger partial charge in [-0.05, 0) is 64.2 Å². The standard InChI is InChI=1S/C11H17Br2N3/c1-3-11(2,4-5-14)16-10-9(13)6-8(12)7-15-10/h6-7H,3-5,14H2,1-2H3,(H,15,16). The van der Waals surface area contributed by atoms with Crippen molar-refractivity contribution >= 4 is 37.7 Å². The van der Waals surface area contributed by atoms with Gasteiger partial charge < -0.3 is 11.1 Å². The average Bonchev–Trinajstić information content (AvgIpc) is 2.23. The fraction of sp³-hybridized carbons (Fsp3) is 0.545. The van der Waals surface area contributed by atoms with Crippen molar-refractivity contribution in [3.05, 3.63) is 21.2 Å². The molecule has 5 heteroatoms. The largest absolute Gasteiger partial charge is 0.364 e. The van der Waals surface area contributed by atoms with E-state index in [-0.39, 0.29) is 5.54 Å². The van der Waals surface area contributed by atoms with E-state index in [0.717, 1.165) is 27.6 Å². The maximum absolute atomic E-state index is 5.63. The maximum atomic E-state index is 5.63. The summed E-state index contributed by atoms with van der Waals surface area (Å²) in [7, 11) is 0. The van der Waals surface area contributed by atoms with Gasteiger partial charge in [-0.3, -0.25) is 0 Å². The first kappa shape index (κ1) is 13.9. The second-order valence-corrected chi connectivity index (χ2v) is 5.83. The van der Waals surface area contributed by atoms with Crippen LogP contribution in [0.25, 0.3) is 0 Å². The number of halogens is 2. The Hall–Kier alpha value is -0.130. The molecule has 3 N–H and O–H groups in total. The molecule has 0 amide bonds. The van der Waals surface area contributed by atoms with Crippen molar-refractivity contribution in [2.75, 3.05) is 11.9 Å². The van der Waals surface area contributed by atoms with E-state index >= 15 is 0 Å². The highest BCUT2D eigenvalue weighted by atomic mass is 79.9. The fourth-order valence-electron chi connectivity index (χ4n) is 1.44. The SMILES string of the molecule is CCC(C)(CCN)Nc1ncc(Br)cc1Br. The normalized spacial score (nSPS) is 14.6. The molecule has 0 aliphatic carbocycles. The lowest BCUT2D eigenvalue weighted by molar-refractivity contribution is 0.461. The van der Waals surface area contributed by atoms with Crippen LogP contribution in [0.5, 0.6) is 0 Å². The van der Waals surface area contributed by atoms with E-state index in [9.17, 15) is 0 Å². The highest BCUT2D eigenvalue weighted by Crippen LogP contribution is 2.28. The highest BCUT2D eigenvalue weighted by Gasteiger charge is 2.22. The monoisotopic (exact) mass is 349 g/mol. The molecule has 0 aliphatic rings. The molecule has 1 atom stereocenters. The van der Waals surface area contributed by atoms with Gasteiger partial charge in [-0.2, -0.15) is 0 Å². The van der Waals surface area contributed by atoms with Gasteiger partial charge in [-0.15, -0.1) is 0 Å². The van der Waals surface area contributed by atoms with Gasteiger partial charge in [0, 0.05) is 16.2 Å². The molecule has 0 aromatic carbocycles. The minimum absolute atomic E-state index is 0.00189. The molecule has 0 saturated heterocycles. The van der Waals surface area contributed by atoms with Gasteiger partial charge in [-0.25, -0.2) is 4.98 Å². The van der Waals surface area contributed by atoms with Gasteiger partial charge in [-0.1, -0.05) is 6.92 Å². The van der Waals surface area contributed by atoms with Crippen LogP contribution < -0.4 is 11.1 Å². The topological polar surface area (TPSA) is 50.9 Å². The summed E-state index contributed by atoms with van der Waals surface area (Å²) in [6.45, 7) is 4.98. The van der Waals surface area contributed by atoms with Crippen LogP contribution in [0.1, 0.15) is 26.7 Å². The summed E-state index contributed by atoms with van der Waals surface area (Å²) in [6, 6.07) is 1.98. The van der Waals surface area contributed by atoms with Crippen LogP contribution >= 0.6 is 31.9 Å². The first-order valence-corrected chi connectivity index (χ1v) is 6.88. The van der Waals surface area contributed by atoms with Gasteiger partial charge in [0.15, 0.2) is 0 Å². The Morgan fingerprint density at radius 3 is 2.69 bits per heavy atom. The van der Waals surface area contributed by atoms with Crippen molar-refractivity contribution < 1.29 is 0 Å². The lowest BCUT2D eigenvalue weighted by Gasteiger charge is -2.30. The summed E-state index contributed by atoms with van der Waals surface area (Å²) in [5.74, 6) is 0.862. The molecular weight excluding hydrogens is 334 g/mol. The Bertz CT molecular complexity index is 357. The van der Waals surface area contributed by atoms with Crippen LogP contribution in [0, 0.1) is 0 Å². The van der Waals surface area contributed by atoms with Crippen LogP contribution in [-0.4, -0.2) is 17.1 Å². The van der Waals surface area contributed by atoms with Crippen molar-refractivity contribution in [3.8, 4) is 0 Å². The third-order valence-electron chi connectivity index (χ3n) is 2.70. The van der Waals surface area contributed by atoms with Gasteiger partial charge in [0.2, 0.25) is 0 Å². The summed E-state index contributed by atoms with van der Waals surface area (Å²) in [6.07, 6.45) is 3.72. The molecule has 0 saturated carbocycles. The maximum Gasteiger partial charge on any atom is 0.140 e. The van der Waals surface area contributed by atoms with E-state index in [1.54, 1.807) is 6.20 Å². The first-order chi connectivity index (χ1) is 7.50. The minimum Gasteiger partial charge on any atom is -0.364 e. The zero-order valence-corrected chi connectivity index (χ0v) is 12.7. The Morgan fingerprint density at radius 1 is 1.50 bits per heavy atom. The number of anilines is 1. The summed E-state index contributed by atoms with van der Waals surface area (Å²) in [5.41, 5.74) is 5.62. The molecule has 16 heavy (non-hydrogen) atoms. The molecule has 1 aromatic rings. The van der Waals surface area contributed by atoms with Crippen molar-refractivity contribution in [3.63, 3.8) is 0 Å². The third-order valence-corrected chi connectivity index (χ3v) is 3.74. The summed E-state index contributed by atoms with van der Waals surface area (Å²) in [5, 5.41) is 3.44. The number of nitrogens with one attached hydrogen (secondary N) is 1. The summed E-state index contributed by atoms with van der Waals surface area (Å²) < 4.78 is 1.92. The Morgan fingerprint density at radius 2 is 2.19 bits per heavy atom. The van der Waals surface area contributed by atoms with Crippen molar-refractivity contribution in [2.45, 2.75) is 32.2 Å². The van der Waals surface area contributed by atoms with Gasteiger partial charge in [0.1, 0.15) is 5.82 Å². The molecule has 0 aliphatic heterocycles. The number of nitrogens with zero attached hydrogens (tertiary/aromatic N) is 1. The number of nitrogens with two attached hydrogens (primary N) is 1. The van der Waals surface area contributed by atoms with Gasteiger partial charge >= 0.3 is 0 Å². The molecule has 1 unspecified atom stereocenters. The van der Waals surface area contributed by atoms with E-state index in [0.29, 0.717) is 6.54 Å². The fourth-order valence-corrected chi connectivity index (χ4v) is 2.53. The number of aromatic nitrogens is 1. The molecule has 0 fully saturated rings. The van der Waals surface area contributed by atoms with E-state index < -0.39 is 0 Å². The quantitative estimate of drug-likeness (QED) is 0.853. The molecule has 3 nitrogen and oxygen atoms in total. The molecule has 0 bridgehead atoms. The zero-order chi connectivity index (χ0) is 12.2. The summed E-state index contributed by atoms with van der Waals surface area (Å²) >= 11 is 6.88. The van der Waals surface area contributed by atoms with E-state index in [1.165, 1.54) is 0 Å². The van der Waals surface area contributed by atoms with E-state index in [4.69, 9.17) is 5.73 Å². The first-order valence-electron chi connectivity index (χ1n) is 5.30. The van der Waals surface area contributed by atoms with Crippen LogP contribution in [-0.2, 0) is 0 Å². The predicted molar refractivity (Wildman–Crippen MR) is 75.6 cm³/mol. The zero-order valence-electron chi connectivity index (χ0n) is 9.56. The lowest BCUT2D eigenvalue weighted by Crippen LogP contribution is -2.36. The lowest BCUT2D eigenvalue weighted by atomic mass is 9.94. The van der Waals surface area contributed by atoms with Crippen molar-refractivity contribution in [1.29, 1.82) is 0 Å². The molecule has 1 heterocycles. The molecule has 1 rings (SSSR count). The van der Waals surface area contributed by atoms with Crippen LogP contribution in [0.4, 0.5) is 5.82 Å². The molecule has 0 radical (unpaired) electrons. The molecular formula is C11H17Br2N3. The van der Waals surface area contributed by atoms with E-state index in [2.05, 4.69) is 56.0 Å². The van der Waals surface area contributed by atoms with E-state index in [1.807, 2.05) is 6.07 Å². The Labute approximate surface area is 113 Å². The number of hydrogen-bond acceptors (Lipinski definition) is 3. The number of hydrogen-bond donors (Lipinski definition) is 2. The third kappa shape index (κ3) is 3.71. The molecule has 90 valence electrons. The smallest absolute Gasteiger partial charge is 0.140 e. The predicted octanol–water partition coefficient (Wildman–Crippen LogP) is 3.54. The number of rotatable bonds is 5.